The van der Waals surface area contributed by atoms with Gasteiger partial charge in [-0.2, -0.15) is 0 Å². The van der Waals surface area contributed by atoms with Crippen LogP contribution < -0.4 is 0 Å². The molecule has 262 valence electrons. The monoisotopic (exact) mass is 903 g/mol. The van der Waals surface area contributed by atoms with Gasteiger partial charge in [-0.15, -0.1) is 0 Å². The molecule has 4 aromatic rings. The van der Waals surface area contributed by atoms with E-state index in [1.807, 2.05) is 60.7 Å². The molecule has 0 N–H and O–H groups in total. The molecular formula is C44H52PtS4. The number of aryl methyl sites for hydroxylation is 2. The summed E-state index contributed by atoms with van der Waals surface area (Å²) >= 11 is 22.2. The van der Waals surface area contributed by atoms with E-state index in [-0.39, 0.29) is 21.1 Å². The molecule has 0 radical (unpaired) electrons. The molecule has 4 aromatic carbocycles. The Hall–Kier alpha value is -2.07. The van der Waals surface area contributed by atoms with Crippen molar-refractivity contribution in [3.63, 3.8) is 0 Å². The summed E-state index contributed by atoms with van der Waals surface area (Å²) in [5.41, 5.74) is 6.92. The number of unbranched alkanes of at least 4 members (excludes halogenated alkanes) is 10. The summed E-state index contributed by atoms with van der Waals surface area (Å²) in [6.07, 6.45) is 18.4. The summed E-state index contributed by atoms with van der Waals surface area (Å²) in [6.45, 7) is 4.52. The maximum absolute atomic E-state index is 5.57. The Bertz CT molecular complexity index is 1410. The van der Waals surface area contributed by atoms with E-state index in [1.165, 1.54) is 88.2 Å². The van der Waals surface area contributed by atoms with E-state index < -0.39 is 0 Å². The van der Waals surface area contributed by atoms with Gasteiger partial charge >= 0.3 is 0 Å². The van der Waals surface area contributed by atoms with Crippen LogP contribution in [-0.4, -0.2) is 19.5 Å². The van der Waals surface area contributed by atoms with E-state index in [2.05, 4.69) is 62.4 Å². The fourth-order valence-electron chi connectivity index (χ4n) is 5.57. The molecule has 0 amide bonds. The van der Waals surface area contributed by atoms with Crippen molar-refractivity contribution in [1.82, 2.24) is 0 Å². The second-order valence-electron chi connectivity index (χ2n) is 12.5. The topological polar surface area (TPSA) is 0 Å². The summed E-state index contributed by atoms with van der Waals surface area (Å²) in [4.78, 5) is 3.05. The minimum atomic E-state index is 0. The Morgan fingerprint density at radius 3 is 0.918 bits per heavy atom. The van der Waals surface area contributed by atoms with Crippen molar-refractivity contribution in [2.45, 2.75) is 104 Å². The number of hydrogen-bond acceptors (Lipinski definition) is 4. The quantitative estimate of drug-likeness (QED) is 0.0492. The first-order valence-electron chi connectivity index (χ1n) is 17.9. The standard InChI is InChI=1S/2C22H26S2.Pt/c2*1-2-3-4-5-6-8-11-18-14-16-20(17-15-18)22(24)21(23)19-12-9-7-10-13-19;/h2*7,9-10,12-17H,2-6,8,11H2,1H3;. The van der Waals surface area contributed by atoms with Crippen molar-refractivity contribution < 1.29 is 21.1 Å². The molecule has 0 fully saturated rings. The predicted molar refractivity (Wildman–Crippen MR) is 227 cm³/mol. The number of thiocarbonyl (C=S) groups is 4. The molecule has 0 aliphatic rings. The van der Waals surface area contributed by atoms with E-state index in [0.717, 1.165) is 54.6 Å². The van der Waals surface area contributed by atoms with Crippen molar-refractivity contribution in [2.75, 3.05) is 0 Å². The average Bonchev–Trinajstić information content (AvgIpc) is 3.14. The van der Waals surface area contributed by atoms with Gasteiger partial charge in [0, 0.05) is 21.1 Å². The van der Waals surface area contributed by atoms with E-state index >= 15 is 0 Å². The molecule has 0 nitrogen and oxygen atoms in total. The molecule has 0 bridgehead atoms. The van der Waals surface area contributed by atoms with Crippen LogP contribution in [0.2, 0.25) is 0 Å². The second-order valence-corrected chi connectivity index (χ2v) is 14.1. The van der Waals surface area contributed by atoms with Crippen LogP contribution in [0.3, 0.4) is 0 Å². The zero-order chi connectivity index (χ0) is 34.4. The van der Waals surface area contributed by atoms with Crippen LogP contribution in [0.1, 0.15) is 124 Å². The first-order chi connectivity index (χ1) is 23.4. The normalized spacial score (nSPS) is 10.3. The Kier molecular flexibility index (Phi) is 22.7. The molecular weight excluding hydrogens is 852 g/mol. The number of benzene rings is 4. The Morgan fingerprint density at radius 1 is 0.347 bits per heavy atom. The second kappa shape index (κ2) is 25.8. The zero-order valence-electron chi connectivity index (χ0n) is 29.2. The number of hydrogen-bond donors (Lipinski definition) is 0. The summed E-state index contributed by atoms with van der Waals surface area (Å²) in [5.74, 6) is 0. The van der Waals surface area contributed by atoms with Crippen molar-refractivity contribution in [2.24, 2.45) is 0 Å². The molecule has 0 aliphatic carbocycles. The van der Waals surface area contributed by atoms with Gasteiger partial charge in [-0.1, -0.05) is 236 Å². The third-order valence-corrected chi connectivity index (χ3v) is 10.6. The van der Waals surface area contributed by atoms with Gasteiger partial charge < -0.3 is 0 Å². The van der Waals surface area contributed by atoms with Gasteiger partial charge in [-0.25, -0.2) is 0 Å². The molecule has 0 spiro atoms. The van der Waals surface area contributed by atoms with E-state index in [9.17, 15) is 0 Å². The van der Waals surface area contributed by atoms with Crippen molar-refractivity contribution in [1.29, 1.82) is 0 Å². The van der Waals surface area contributed by atoms with Gasteiger partial charge in [-0.05, 0) is 59.1 Å². The summed E-state index contributed by atoms with van der Waals surface area (Å²) in [5, 5.41) is 0. The minimum Gasteiger partial charge on any atom is -0.0778 e. The van der Waals surface area contributed by atoms with Gasteiger partial charge in [0.05, 0.1) is 19.5 Å². The molecule has 0 aromatic heterocycles. The summed E-state index contributed by atoms with van der Waals surface area (Å²) in [7, 11) is 0. The van der Waals surface area contributed by atoms with Gasteiger partial charge in [0.15, 0.2) is 0 Å². The maximum atomic E-state index is 5.57. The van der Waals surface area contributed by atoms with Crippen molar-refractivity contribution >= 4 is 68.3 Å². The van der Waals surface area contributed by atoms with Crippen LogP contribution in [0, 0.1) is 0 Å². The zero-order valence-corrected chi connectivity index (χ0v) is 34.8. The fourth-order valence-corrected chi connectivity index (χ4v) is 6.58. The average molecular weight is 904 g/mol. The molecule has 0 aliphatic heterocycles. The predicted octanol–water partition coefficient (Wildman–Crippen LogP) is 13.4. The van der Waals surface area contributed by atoms with E-state index in [1.54, 1.807) is 0 Å². The largest absolute Gasteiger partial charge is 0.0778 e. The fraction of sp³-hybridized carbons (Fsp3) is 0.364. The number of rotatable bonds is 20. The van der Waals surface area contributed by atoms with Crippen molar-refractivity contribution in [3.8, 4) is 0 Å². The van der Waals surface area contributed by atoms with Crippen LogP contribution in [0.4, 0.5) is 0 Å². The van der Waals surface area contributed by atoms with Crippen molar-refractivity contribution in [3.05, 3.63) is 143 Å². The smallest absolute Gasteiger partial charge is 0.0636 e. The Balaban J connectivity index is 0.000000333. The third-order valence-electron chi connectivity index (χ3n) is 8.55. The first kappa shape index (κ1) is 43.1. The van der Waals surface area contributed by atoms with Gasteiger partial charge in [-0.3, -0.25) is 0 Å². The molecule has 49 heavy (non-hydrogen) atoms. The van der Waals surface area contributed by atoms with Gasteiger partial charge in [0.2, 0.25) is 0 Å². The third kappa shape index (κ3) is 16.2. The molecule has 0 unspecified atom stereocenters. The summed E-state index contributed by atoms with van der Waals surface area (Å²) in [6, 6.07) is 37.3. The first-order valence-corrected chi connectivity index (χ1v) is 19.5. The molecule has 0 atom stereocenters. The van der Waals surface area contributed by atoms with E-state index in [4.69, 9.17) is 48.9 Å². The molecule has 0 saturated heterocycles. The summed E-state index contributed by atoms with van der Waals surface area (Å²) < 4.78 is 0. The molecule has 0 saturated carbocycles. The molecule has 4 rings (SSSR count). The van der Waals surface area contributed by atoms with Crippen LogP contribution >= 0.6 is 48.9 Å². The Labute approximate surface area is 333 Å². The van der Waals surface area contributed by atoms with Gasteiger partial charge in [0.25, 0.3) is 0 Å². The van der Waals surface area contributed by atoms with Crippen LogP contribution in [0.5, 0.6) is 0 Å². The van der Waals surface area contributed by atoms with Crippen LogP contribution in [0.15, 0.2) is 109 Å². The van der Waals surface area contributed by atoms with Crippen LogP contribution in [-0.2, 0) is 33.9 Å². The maximum Gasteiger partial charge on any atom is 0.0636 e. The van der Waals surface area contributed by atoms with Gasteiger partial charge in [0.1, 0.15) is 0 Å². The van der Waals surface area contributed by atoms with E-state index in [0.29, 0.717) is 0 Å². The SMILES string of the molecule is CCCCCCCCc1ccc(C(=S)C(=S)c2ccccc2)cc1.CCCCCCCCc1ccc(C(=S)C(=S)c2ccccc2)cc1.[Pt]. The molecule has 5 heteroatoms. The van der Waals surface area contributed by atoms with Crippen LogP contribution in [0.25, 0.3) is 0 Å². The molecule has 0 heterocycles. The Morgan fingerprint density at radius 2 is 0.612 bits per heavy atom. The minimum absolute atomic E-state index is 0.